The number of carbonyl (C=O) groups excluding carboxylic acids is 1. The van der Waals surface area contributed by atoms with Gasteiger partial charge in [0.05, 0.1) is 5.69 Å². The minimum Gasteiger partial charge on any atom is -0.360 e. The van der Waals surface area contributed by atoms with Gasteiger partial charge in [0.15, 0.2) is 5.13 Å². The van der Waals surface area contributed by atoms with Gasteiger partial charge in [0.25, 0.3) is 0 Å². The fraction of sp³-hybridized carbons (Fsp3) is 0.789. The summed E-state index contributed by atoms with van der Waals surface area (Å²) in [6, 6.07) is 0.652. The van der Waals surface area contributed by atoms with E-state index in [4.69, 9.17) is 4.98 Å². The van der Waals surface area contributed by atoms with Crippen LogP contribution in [0, 0.1) is 5.92 Å². The number of carbonyl (C=O) groups is 1. The Hall–Kier alpha value is -1.18. The van der Waals surface area contributed by atoms with Gasteiger partial charge in [-0.3, -0.25) is 14.6 Å². The molecule has 3 rings (SSSR count). The Bertz CT molecular complexity index is 582. The third-order valence-corrected chi connectivity index (χ3v) is 6.36. The summed E-state index contributed by atoms with van der Waals surface area (Å²) in [4.78, 5) is 23.8. The zero-order chi connectivity index (χ0) is 18.5. The highest BCUT2D eigenvalue weighted by atomic mass is 32.1. The SMILES string of the molecule is CCN1CCC[C@H]1CNc1nc(CN2CCN(C(=O)C(C)C)CC2)cs1. The topological polar surface area (TPSA) is 51.7 Å². The van der Waals surface area contributed by atoms with E-state index in [0.29, 0.717) is 6.04 Å². The van der Waals surface area contributed by atoms with Crippen molar-refractivity contribution in [2.24, 2.45) is 5.92 Å². The van der Waals surface area contributed by atoms with Gasteiger partial charge in [-0.2, -0.15) is 0 Å². The van der Waals surface area contributed by atoms with Crippen LogP contribution in [0.4, 0.5) is 5.13 Å². The number of amides is 1. The summed E-state index contributed by atoms with van der Waals surface area (Å²) < 4.78 is 0. The largest absolute Gasteiger partial charge is 0.360 e. The minimum absolute atomic E-state index is 0.0947. The van der Waals surface area contributed by atoms with E-state index in [0.717, 1.165) is 56.6 Å². The van der Waals surface area contributed by atoms with E-state index in [1.165, 1.54) is 19.4 Å². The van der Waals surface area contributed by atoms with Gasteiger partial charge in [-0.15, -0.1) is 11.3 Å². The predicted octanol–water partition coefficient (Wildman–Crippen LogP) is 2.34. The first-order valence-corrected chi connectivity index (χ1v) is 10.9. The molecule has 1 N–H and O–H groups in total. The number of thiazole rings is 1. The molecule has 0 bridgehead atoms. The van der Waals surface area contributed by atoms with Crippen molar-refractivity contribution in [3.8, 4) is 0 Å². The number of piperazine rings is 1. The summed E-state index contributed by atoms with van der Waals surface area (Å²) in [6.07, 6.45) is 2.60. The van der Waals surface area contributed by atoms with Crippen molar-refractivity contribution in [1.29, 1.82) is 0 Å². The Morgan fingerprint density at radius 1 is 1.31 bits per heavy atom. The third kappa shape index (κ3) is 4.96. The molecule has 1 aromatic rings. The van der Waals surface area contributed by atoms with Crippen molar-refractivity contribution in [2.75, 3.05) is 51.1 Å². The zero-order valence-electron chi connectivity index (χ0n) is 16.4. The molecule has 0 aromatic carbocycles. The lowest BCUT2D eigenvalue weighted by molar-refractivity contribution is -0.136. The van der Waals surface area contributed by atoms with Crippen molar-refractivity contribution in [1.82, 2.24) is 19.7 Å². The highest BCUT2D eigenvalue weighted by Gasteiger charge is 2.24. The Labute approximate surface area is 161 Å². The maximum atomic E-state index is 12.1. The lowest BCUT2D eigenvalue weighted by atomic mass is 10.1. The second kappa shape index (κ2) is 9.15. The Morgan fingerprint density at radius 2 is 2.08 bits per heavy atom. The van der Waals surface area contributed by atoms with Gasteiger partial charge < -0.3 is 10.2 Å². The zero-order valence-corrected chi connectivity index (χ0v) is 17.2. The number of aromatic nitrogens is 1. The normalized spacial score (nSPS) is 22.3. The fourth-order valence-electron chi connectivity index (χ4n) is 3.93. The van der Waals surface area contributed by atoms with Crippen LogP contribution in [0.3, 0.4) is 0 Å². The third-order valence-electron chi connectivity index (χ3n) is 5.51. The van der Waals surface area contributed by atoms with Crippen molar-refractivity contribution in [2.45, 2.75) is 46.2 Å². The molecule has 2 saturated heterocycles. The number of likely N-dealkylation sites (N-methyl/N-ethyl adjacent to an activating group) is 1. The molecule has 2 fully saturated rings. The van der Waals surface area contributed by atoms with Crippen molar-refractivity contribution in [3.05, 3.63) is 11.1 Å². The summed E-state index contributed by atoms with van der Waals surface area (Å²) in [5.41, 5.74) is 1.14. The van der Waals surface area contributed by atoms with Crippen LogP contribution in [0.25, 0.3) is 0 Å². The van der Waals surface area contributed by atoms with Gasteiger partial charge >= 0.3 is 0 Å². The van der Waals surface area contributed by atoms with Crippen LogP contribution in [-0.4, -0.2) is 77.4 Å². The van der Waals surface area contributed by atoms with Crippen LogP contribution in [-0.2, 0) is 11.3 Å². The van der Waals surface area contributed by atoms with Crippen LogP contribution >= 0.6 is 11.3 Å². The van der Waals surface area contributed by atoms with E-state index < -0.39 is 0 Å². The number of rotatable bonds is 7. The summed E-state index contributed by atoms with van der Waals surface area (Å²) in [6.45, 7) is 14.0. The van der Waals surface area contributed by atoms with E-state index >= 15 is 0 Å². The van der Waals surface area contributed by atoms with Gasteiger partial charge in [-0.05, 0) is 25.9 Å². The molecular weight excluding hydrogens is 346 g/mol. The van der Waals surface area contributed by atoms with Gasteiger partial charge in [0, 0.05) is 56.6 Å². The fourth-order valence-corrected chi connectivity index (χ4v) is 4.64. The lowest BCUT2D eigenvalue weighted by Gasteiger charge is -2.35. The molecule has 2 aliphatic heterocycles. The summed E-state index contributed by atoms with van der Waals surface area (Å²) in [5.74, 6) is 0.370. The standard InChI is InChI=1S/C19H33N5OS/c1-4-23-7-5-6-17(23)12-20-19-21-16(14-26-19)13-22-8-10-24(11-9-22)18(25)15(2)3/h14-15,17H,4-13H2,1-3H3,(H,20,21)/t17-/m0/s1. The molecule has 0 saturated carbocycles. The number of nitrogens with zero attached hydrogens (tertiary/aromatic N) is 4. The van der Waals surface area contributed by atoms with Crippen LogP contribution < -0.4 is 5.32 Å². The van der Waals surface area contributed by atoms with Crippen LogP contribution in [0.2, 0.25) is 0 Å². The number of hydrogen-bond donors (Lipinski definition) is 1. The summed E-state index contributed by atoms with van der Waals surface area (Å²) in [5, 5.41) is 6.74. The van der Waals surface area contributed by atoms with Gasteiger partial charge in [0.2, 0.25) is 5.91 Å². The molecule has 146 valence electrons. The second-order valence-electron chi connectivity index (χ2n) is 7.71. The Morgan fingerprint density at radius 3 is 2.77 bits per heavy atom. The van der Waals surface area contributed by atoms with E-state index in [1.807, 2.05) is 18.7 Å². The average molecular weight is 380 g/mol. The molecule has 1 amide bonds. The summed E-state index contributed by atoms with van der Waals surface area (Å²) >= 11 is 1.71. The minimum atomic E-state index is 0.0947. The predicted molar refractivity (Wildman–Crippen MR) is 108 cm³/mol. The first-order valence-electron chi connectivity index (χ1n) is 10.00. The first-order chi connectivity index (χ1) is 12.6. The monoisotopic (exact) mass is 379 g/mol. The first kappa shape index (κ1) is 19.6. The van der Waals surface area contributed by atoms with E-state index in [2.05, 4.69) is 27.4 Å². The molecule has 6 nitrogen and oxygen atoms in total. The Balaban J connectivity index is 1.42. The maximum Gasteiger partial charge on any atom is 0.225 e. The Kier molecular flexibility index (Phi) is 6.89. The number of likely N-dealkylation sites (tertiary alicyclic amines) is 1. The molecule has 0 radical (unpaired) electrons. The number of nitrogens with one attached hydrogen (secondary N) is 1. The van der Waals surface area contributed by atoms with E-state index in [1.54, 1.807) is 11.3 Å². The maximum absolute atomic E-state index is 12.1. The van der Waals surface area contributed by atoms with Gasteiger partial charge in [-0.25, -0.2) is 4.98 Å². The number of anilines is 1. The smallest absolute Gasteiger partial charge is 0.225 e. The quantitative estimate of drug-likeness (QED) is 0.788. The highest BCUT2D eigenvalue weighted by molar-refractivity contribution is 7.13. The van der Waals surface area contributed by atoms with Crippen LogP contribution in [0.5, 0.6) is 0 Å². The highest BCUT2D eigenvalue weighted by Crippen LogP contribution is 2.21. The summed E-state index contributed by atoms with van der Waals surface area (Å²) in [7, 11) is 0. The van der Waals surface area contributed by atoms with Crippen molar-refractivity contribution >= 4 is 22.4 Å². The van der Waals surface area contributed by atoms with Gasteiger partial charge in [0.1, 0.15) is 0 Å². The van der Waals surface area contributed by atoms with Crippen molar-refractivity contribution < 1.29 is 4.79 Å². The molecule has 0 unspecified atom stereocenters. The van der Waals surface area contributed by atoms with Crippen molar-refractivity contribution in [3.63, 3.8) is 0 Å². The van der Waals surface area contributed by atoms with E-state index in [-0.39, 0.29) is 11.8 Å². The molecule has 26 heavy (non-hydrogen) atoms. The van der Waals surface area contributed by atoms with Crippen LogP contribution in [0.15, 0.2) is 5.38 Å². The molecule has 1 atom stereocenters. The molecule has 0 spiro atoms. The molecule has 7 heteroatoms. The second-order valence-corrected chi connectivity index (χ2v) is 8.56. The molecule has 2 aliphatic rings. The molecular formula is C19H33N5OS. The van der Waals surface area contributed by atoms with E-state index in [9.17, 15) is 4.79 Å². The lowest BCUT2D eigenvalue weighted by Crippen LogP contribution is -2.49. The number of hydrogen-bond acceptors (Lipinski definition) is 6. The average Bonchev–Trinajstić information content (AvgIpc) is 3.28. The molecule has 3 heterocycles. The molecule has 1 aromatic heterocycles. The molecule has 0 aliphatic carbocycles. The van der Waals surface area contributed by atoms with Crippen LogP contribution in [0.1, 0.15) is 39.3 Å². The van der Waals surface area contributed by atoms with Gasteiger partial charge in [-0.1, -0.05) is 20.8 Å².